The van der Waals surface area contributed by atoms with Crippen LogP contribution in [-0.2, 0) is 16.1 Å². The summed E-state index contributed by atoms with van der Waals surface area (Å²) in [7, 11) is 0. The molecule has 1 aromatic rings. The number of nitrogens with two attached hydrogens (primary N) is 1. The predicted molar refractivity (Wildman–Crippen MR) is 94.7 cm³/mol. The maximum Gasteiger partial charge on any atom is 0.251 e. The molecule has 1 unspecified atom stereocenters. The van der Waals surface area contributed by atoms with E-state index in [0.29, 0.717) is 18.5 Å². The molecule has 7 heteroatoms. The van der Waals surface area contributed by atoms with E-state index in [1.165, 1.54) is 6.92 Å². The normalized spacial score (nSPS) is 14.3. The van der Waals surface area contributed by atoms with Crippen LogP contribution in [0.5, 0.6) is 0 Å². The van der Waals surface area contributed by atoms with Crippen molar-refractivity contribution in [2.75, 3.05) is 6.61 Å². The monoisotopic (exact) mass is 349 g/mol. The van der Waals surface area contributed by atoms with Crippen LogP contribution in [0.4, 0.5) is 0 Å². The van der Waals surface area contributed by atoms with Crippen molar-refractivity contribution >= 4 is 17.6 Å². The number of aliphatic hydroxyl groups is 1. The molecule has 0 radical (unpaired) electrons. The molecule has 2 amide bonds. The fraction of sp³-hybridized carbons (Fsp3) is 0.500. The summed E-state index contributed by atoms with van der Waals surface area (Å²) in [6.45, 7) is 4.93. The first-order valence-corrected chi connectivity index (χ1v) is 8.37. The molecule has 0 aliphatic heterocycles. The van der Waals surface area contributed by atoms with Gasteiger partial charge in [0.2, 0.25) is 5.91 Å². The van der Waals surface area contributed by atoms with Crippen LogP contribution >= 0.6 is 0 Å². The molecular formula is C18H27N3O4. The zero-order chi connectivity index (χ0) is 19.0. The molecule has 3 atom stereocenters. The third-order valence-electron chi connectivity index (χ3n) is 4.20. The zero-order valence-electron chi connectivity index (χ0n) is 14.9. The van der Waals surface area contributed by atoms with E-state index >= 15 is 0 Å². The van der Waals surface area contributed by atoms with Gasteiger partial charge in [-0.15, -0.1) is 0 Å². The average Bonchev–Trinajstić information content (AvgIpc) is 2.64. The topological polar surface area (TPSA) is 122 Å². The zero-order valence-corrected chi connectivity index (χ0v) is 14.9. The van der Waals surface area contributed by atoms with Crippen LogP contribution in [0, 0.1) is 5.92 Å². The van der Waals surface area contributed by atoms with Crippen molar-refractivity contribution in [3.63, 3.8) is 0 Å². The van der Waals surface area contributed by atoms with E-state index in [4.69, 9.17) is 10.8 Å². The quantitative estimate of drug-likeness (QED) is 0.513. The molecule has 0 bridgehead atoms. The number of rotatable bonds is 9. The maximum atomic E-state index is 12.5. The molecular weight excluding hydrogens is 322 g/mol. The summed E-state index contributed by atoms with van der Waals surface area (Å²) in [5.74, 6) is -1.44. The number of carbonyl (C=O) groups is 3. The van der Waals surface area contributed by atoms with Gasteiger partial charge in [0, 0.05) is 12.1 Å². The van der Waals surface area contributed by atoms with Gasteiger partial charge in [0.05, 0.1) is 6.04 Å². The molecule has 0 spiro atoms. The summed E-state index contributed by atoms with van der Waals surface area (Å²) in [4.78, 5) is 36.4. The first-order chi connectivity index (χ1) is 11.8. The fourth-order valence-electron chi connectivity index (χ4n) is 2.29. The lowest BCUT2D eigenvalue weighted by Crippen LogP contribution is -2.53. The molecule has 7 nitrogen and oxygen atoms in total. The minimum atomic E-state index is -0.818. The Morgan fingerprint density at radius 2 is 1.88 bits per heavy atom. The van der Waals surface area contributed by atoms with Gasteiger partial charge in [0.25, 0.3) is 5.91 Å². The number of ketones is 1. The predicted octanol–water partition coefficient (Wildman–Crippen LogP) is 0.356. The van der Waals surface area contributed by atoms with Crippen molar-refractivity contribution in [1.29, 1.82) is 0 Å². The van der Waals surface area contributed by atoms with Gasteiger partial charge in [-0.2, -0.15) is 0 Å². The number of amides is 2. The maximum absolute atomic E-state index is 12.5. The summed E-state index contributed by atoms with van der Waals surface area (Å²) < 4.78 is 0. The number of aliphatic hydroxyl groups excluding tert-OH is 1. The van der Waals surface area contributed by atoms with Crippen LogP contribution in [-0.4, -0.2) is 41.4 Å². The first kappa shape index (κ1) is 20.8. The molecule has 5 N–H and O–H groups in total. The highest BCUT2D eigenvalue weighted by Crippen LogP contribution is 2.11. The van der Waals surface area contributed by atoms with Crippen LogP contribution < -0.4 is 16.4 Å². The van der Waals surface area contributed by atoms with E-state index in [-0.39, 0.29) is 11.8 Å². The Morgan fingerprint density at radius 1 is 1.20 bits per heavy atom. The van der Waals surface area contributed by atoms with Gasteiger partial charge in [0.1, 0.15) is 12.6 Å². The van der Waals surface area contributed by atoms with Crippen molar-refractivity contribution in [2.45, 2.75) is 45.8 Å². The minimum Gasteiger partial charge on any atom is -0.389 e. The smallest absolute Gasteiger partial charge is 0.251 e. The van der Waals surface area contributed by atoms with Crippen LogP contribution in [0.1, 0.15) is 43.1 Å². The Labute approximate surface area is 148 Å². The Balaban J connectivity index is 2.89. The number of benzene rings is 1. The lowest BCUT2D eigenvalue weighted by molar-refractivity contribution is -0.130. The molecule has 0 heterocycles. The minimum absolute atomic E-state index is 0.127. The van der Waals surface area contributed by atoms with Gasteiger partial charge < -0.3 is 21.5 Å². The summed E-state index contributed by atoms with van der Waals surface area (Å²) in [6.07, 6.45) is 0.670. The lowest BCUT2D eigenvalue weighted by Gasteiger charge is -2.25. The molecule has 0 aliphatic carbocycles. The summed E-state index contributed by atoms with van der Waals surface area (Å²) in [6, 6.07) is 5.28. The summed E-state index contributed by atoms with van der Waals surface area (Å²) in [5.41, 5.74) is 6.83. The van der Waals surface area contributed by atoms with E-state index < -0.39 is 30.4 Å². The van der Waals surface area contributed by atoms with Crippen molar-refractivity contribution in [2.24, 2.45) is 11.7 Å². The van der Waals surface area contributed by atoms with E-state index in [2.05, 4.69) is 10.6 Å². The second-order valence-corrected chi connectivity index (χ2v) is 6.10. The largest absolute Gasteiger partial charge is 0.389 e. The second kappa shape index (κ2) is 9.90. The molecule has 0 saturated heterocycles. The molecule has 0 aliphatic rings. The van der Waals surface area contributed by atoms with Crippen LogP contribution in [0.2, 0.25) is 0 Å². The van der Waals surface area contributed by atoms with Crippen LogP contribution in [0.15, 0.2) is 24.3 Å². The summed E-state index contributed by atoms with van der Waals surface area (Å²) >= 11 is 0. The molecule has 0 saturated carbocycles. The van der Waals surface area contributed by atoms with Crippen LogP contribution in [0.25, 0.3) is 0 Å². The van der Waals surface area contributed by atoms with Gasteiger partial charge in [-0.05, 0) is 30.5 Å². The second-order valence-electron chi connectivity index (χ2n) is 6.10. The highest BCUT2D eigenvalue weighted by Gasteiger charge is 2.28. The third-order valence-corrected chi connectivity index (χ3v) is 4.20. The SMILES string of the molecule is CCC(C)[C@H](NC(=O)c1cccc(CN)c1)C(=O)N[C@@H](C)C(=O)CO. The fourth-order valence-corrected chi connectivity index (χ4v) is 2.29. The Morgan fingerprint density at radius 3 is 2.44 bits per heavy atom. The van der Waals surface area contributed by atoms with E-state index in [0.717, 1.165) is 5.56 Å². The molecule has 1 rings (SSSR count). The number of Topliss-reactive ketones (excluding diaryl/α,β-unsaturated/α-hetero) is 1. The van der Waals surface area contributed by atoms with Crippen molar-refractivity contribution in [1.82, 2.24) is 10.6 Å². The number of hydrogen-bond donors (Lipinski definition) is 4. The van der Waals surface area contributed by atoms with Crippen LogP contribution in [0.3, 0.4) is 0 Å². The highest BCUT2D eigenvalue weighted by molar-refractivity contribution is 5.98. The number of hydrogen-bond acceptors (Lipinski definition) is 5. The Kier molecular flexibility index (Phi) is 8.24. The van der Waals surface area contributed by atoms with E-state index in [1.807, 2.05) is 19.9 Å². The van der Waals surface area contributed by atoms with Crippen molar-refractivity contribution < 1.29 is 19.5 Å². The third kappa shape index (κ3) is 5.95. The number of carbonyl (C=O) groups excluding carboxylic acids is 3. The molecule has 1 aromatic carbocycles. The highest BCUT2D eigenvalue weighted by atomic mass is 16.3. The Bertz CT molecular complexity index is 618. The first-order valence-electron chi connectivity index (χ1n) is 8.37. The molecule has 0 fully saturated rings. The van der Waals surface area contributed by atoms with Crippen molar-refractivity contribution in [3.8, 4) is 0 Å². The number of nitrogens with one attached hydrogen (secondary N) is 2. The summed E-state index contributed by atoms with van der Waals surface area (Å²) in [5, 5.41) is 14.1. The van der Waals surface area contributed by atoms with E-state index in [1.54, 1.807) is 18.2 Å². The van der Waals surface area contributed by atoms with E-state index in [9.17, 15) is 14.4 Å². The molecule has 25 heavy (non-hydrogen) atoms. The van der Waals surface area contributed by atoms with Crippen molar-refractivity contribution in [3.05, 3.63) is 35.4 Å². The van der Waals surface area contributed by atoms with Gasteiger partial charge >= 0.3 is 0 Å². The molecule has 138 valence electrons. The van der Waals surface area contributed by atoms with Gasteiger partial charge in [-0.1, -0.05) is 32.4 Å². The van der Waals surface area contributed by atoms with Gasteiger partial charge in [-0.3, -0.25) is 14.4 Å². The average molecular weight is 349 g/mol. The standard InChI is InChI=1S/C18H27N3O4/c1-4-11(2)16(18(25)20-12(3)15(23)10-22)21-17(24)14-7-5-6-13(8-14)9-19/h5-8,11-12,16,22H,4,9-10,19H2,1-3H3,(H,20,25)(H,21,24)/t11?,12-,16-/m0/s1. The lowest BCUT2D eigenvalue weighted by atomic mass is 9.97. The Hall–Kier alpha value is -2.25. The molecule has 0 aromatic heterocycles. The van der Waals surface area contributed by atoms with Gasteiger partial charge in [0.15, 0.2) is 5.78 Å². The van der Waals surface area contributed by atoms with Gasteiger partial charge in [-0.25, -0.2) is 0 Å².